The number of H-pyrrole nitrogens is 1. The summed E-state index contributed by atoms with van der Waals surface area (Å²) >= 11 is 0. The van der Waals surface area contributed by atoms with Crippen molar-refractivity contribution in [1.29, 1.82) is 0 Å². The zero-order chi connectivity index (χ0) is 23.8. The summed E-state index contributed by atoms with van der Waals surface area (Å²) in [7, 11) is 0. The smallest absolute Gasteiger partial charge is 0.258 e. The Hall–Kier alpha value is -3.66. The fraction of sp³-hybridized carbons (Fsp3) is 0.241. The van der Waals surface area contributed by atoms with E-state index < -0.39 is 0 Å². The first-order valence-electron chi connectivity index (χ1n) is 11.2. The number of nitrogens with one attached hydrogen (secondary N) is 1. The molecule has 0 radical (unpaired) electrons. The number of benzene rings is 3. The van der Waals surface area contributed by atoms with Gasteiger partial charge in [-0.3, -0.25) is 9.59 Å². The van der Waals surface area contributed by atoms with Crippen LogP contribution in [0.5, 0.6) is 0 Å². The first-order valence-corrected chi connectivity index (χ1v) is 11.2. The van der Waals surface area contributed by atoms with Gasteiger partial charge in [0.1, 0.15) is 0 Å². The zero-order valence-electron chi connectivity index (χ0n) is 19.9. The Morgan fingerprint density at radius 1 is 0.909 bits per heavy atom. The van der Waals surface area contributed by atoms with Crippen LogP contribution in [0.25, 0.3) is 10.9 Å². The Labute approximate surface area is 194 Å². The maximum atomic E-state index is 13.6. The molecule has 33 heavy (non-hydrogen) atoms. The number of carbonyl (C=O) groups excluding carboxylic acids is 1. The molecular weight excluding hydrogens is 408 g/mol. The highest BCUT2D eigenvalue weighted by Crippen LogP contribution is 2.25. The van der Waals surface area contributed by atoms with Gasteiger partial charge in [0.05, 0.1) is 12.1 Å². The summed E-state index contributed by atoms with van der Waals surface area (Å²) in [5.41, 5.74) is 5.86. The molecule has 0 aliphatic rings. The van der Waals surface area contributed by atoms with E-state index in [1.807, 2.05) is 86.6 Å². The molecule has 1 amide bonds. The molecule has 0 atom stereocenters. The third-order valence-corrected chi connectivity index (χ3v) is 6.08. The fourth-order valence-electron chi connectivity index (χ4n) is 3.99. The molecule has 0 bridgehead atoms. The molecule has 0 unspecified atom stereocenters. The normalized spacial score (nSPS) is 11.5. The quantitative estimate of drug-likeness (QED) is 0.407. The summed E-state index contributed by atoms with van der Waals surface area (Å²) in [5, 5.41) is 0.954. The molecule has 4 heteroatoms. The van der Waals surface area contributed by atoms with Gasteiger partial charge in [0.15, 0.2) is 0 Å². The SMILES string of the molecule is Cc1ccc(N(Cc2cc3cccc(C)c3[nH]c2=O)C(=O)c2ccc(C(C)(C)C)cc2)cc1. The summed E-state index contributed by atoms with van der Waals surface area (Å²) in [4.78, 5) is 31.2. The van der Waals surface area contributed by atoms with Gasteiger partial charge in [0.25, 0.3) is 11.5 Å². The van der Waals surface area contributed by atoms with Crippen molar-refractivity contribution in [2.75, 3.05) is 4.90 Å². The van der Waals surface area contributed by atoms with Crippen LogP contribution in [-0.2, 0) is 12.0 Å². The predicted octanol–water partition coefficient (Wildman–Crippen LogP) is 6.29. The third-order valence-electron chi connectivity index (χ3n) is 6.08. The predicted molar refractivity (Wildman–Crippen MR) is 136 cm³/mol. The molecule has 168 valence electrons. The zero-order valence-corrected chi connectivity index (χ0v) is 19.9. The Morgan fingerprint density at radius 3 is 2.21 bits per heavy atom. The number of aryl methyl sites for hydroxylation is 2. The minimum absolute atomic E-state index is 0.00867. The monoisotopic (exact) mass is 438 g/mol. The molecule has 0 aliphatic heterocycles. The Morgan fingerprint density at radius 2 is 1.58 bits per heavy atom. The number of hydrogen-bond acceptors (Lipinski definition) is 2. The Bertz CT molecular complexity index is 1360. The lowest BCUT2D eigenvalue weighted by atomic mass is 9.86. The summed E-state index contributed by atoms with van der Waals surface area (Å²) in [6.45, 7) is 10.6. The number of aromatic amines is 1. The van der Waals surface area contributed by atoms with Crippen LogP contribution in [0.15, 0.2) is 77.6 Å². The number of rotatable bonds is 4. The molecule has 1 aromatic heterocycles. The van der Waals surface area contributed by atoms with Crippen LogP contribution in [0, 0.1) is 13.8 Å². The molecule has 4 aromatic rings. The number of nitrogens with zero attached hydrogens (tertiary/aromatic N) is 1. The molecule has 1 heterocycles. The standard InChI is InChI=1S/C29H30N2O2/c1-19-9-15-25(16-10-19)31(28(33)21-11-13-24(14-12-21)29(3,4)5)18-23-17-22-8-6-7-20(2)26(22)30-27(23)32/h6-17H,18H2,1-5H3,(H,30,32). The van der Waals surface area contributed by atoms with Crippen LogP contribution in [0.2, 0.25) is 0 Å². The van der Waals surface area contributed by atoms with Crippen molar-refractivity contribution in [2.45, 2.75) is 46.6 Å². The minimum atomic E-state index is -0.176. The second kappa shape index (κ2) is 8.70. The van der Waals surface area contributed by atoms with Crippen LogP contribution in [-0.4, -0.2) is 10.9 Å². The number of aromatic nitrogens is 1. The Kier molecular flexibility index (Phi) is 5.94. The lowest BCUT2D eigenvalue weighted by Gasteiger charge is -2.24. The highest BCUT2D eigenvalue weighted by atomic mass is 16.2. The molecule has 0 spiro atoms. The molecule has 1 N–H and O–H groups in total. The van der Waals surface area contributed by atoms with E-state index in [1.54, 1.807) is 4.90 Å². The van der Waals surface area contributed by atoms with E-state index in [1.165, 1.54) is 5.56 Å². The molecule has 0 saturated heterocycles. The third kappa shape index (κ3) is 4.75. The van der Waals surface area contributed by atoms with E-state index in [0.717, 1.165) is 27.7 Å². The van der Waals surface area contributed by atoms with Crippen LogP contribution >= 0.6 is 0 Å². The number of para-hydroxylation sites is 1. The van der Waals surface area contributed by atoms with Crippen LogP contribution in [0.4, 0.5) is 5.69 Å². The first-order chi connectivity index (χ1) is 15.6. The minimum Gasteiger partial charge on any atom is -0.321 e. The molecular formula is C29H30N2O2. The molecule has 0 aliphatic carbocycles. The van der Waals surface area contributed by atoms with Gasteiger partial charge >= 0.3 is 0 Å². The number of carbonyl (C=O) groups is 1. The second-order valence-corrected chi connectivity index (χ2v) is 9.72. The average Bonchev–Trinajstić information content (AvgIpc) is 2.78. The lowest BCUT2D eigenvalue weighted by Crippen LogP contribution is -2.33. The fourth-order valence-corrected chi connectivity index (χ4v) is 3.99. The van der Waals surface area contributed by atoms with Crippen molar-refractivity contribution in [3.05, 3.63) is 111 Å². The largest absolute Gasteiger partial charge is 0.321 e. The topological polar surface area (TPSA) is 53.2 Å². The van der Waals surface area contributed by atoms with E-state index in [9.17, 15) is 9.59 Å². The van der Waals surface area contributed by atoms with Gasteiger partial charge in [-0.2, -0.15) is 0 Å². The molecule has 3 aromatic carbocycles. The molecule has 0 saturated carbocycles. The summed E-state index contributed by atoms with van der Waals surface area (Å²) in [6.07, 6.45) is 0. The number of amides is 1. The van der Waals surface area contributed by atoms with Crippen molar-refractivity contribution in [1.82, 2.24) is 4.98 Å². The van der Waals surface area contributed by atoms with Crippen LogP contribution in [0.1, 0.15) is 53.4 Å². The van der Waals surface area contributed by atoms with Gasteiger partial charge in [0, 0.05) is 16.8 Å². The number of pyridine rings is 1. The summed E-state index contributed by atoms with van der Waals surface area (Å²) in [6, 6.07) is 23.4. The highest BCUT2D eigenvalue weighted by Gasteiger charge is 2.21. The van der Waals surface area contributed by atoms with E-state index in [0.29, 0.717) is 11.1 Å². The summed E-state index contributed by atoms with van der Waals surface area (Å²) < 4.78 is 0. The van der Waals surface area contributed by atoms with Gasteiger partial charge in [0.2, 0.25) is 0 Å². The number of anilines is 1. The van der Waals surface area contributed by atoms with Crippen LogP contribution in [0.3, 0.4) is 0 Å². The highest BCUT2D eigenvalue weighted by molar-refractivity contribution is 6.06. The van der Waals surface area contributed by atoms with Crippen molar-refractivity contribution in [3.63, 3.8) is 0 Å². The number of hydrogen-bond donors (Lipinski definition) is 1. The van der Waals surface area contributed by atoms with Crippen molar-refractivity contribution in [2.24, 2.45) is 0 Å². The first kappa shape index (κ1) is 22.5. The van der Waals surface area contributed by atoms with Gasteiger partial charge in [-0.25, -0.2) is 0 Å². The number of fused-ring (bicyclic) bond motifs is 1. The van der Waals surface area contributed by atoms with E-state index in [4.69, 9.17) is 0 Å². The van der Waals surface area contributed by atoms with Gasteiger partial charge in [-0.05, 0) is 66.1 Å². The van der Waals surface area contributed by atoms with Crippen LogP contribution < -0.4 is 10.5 Å². The molecule has 4 rings (SSSR count). The van der Waals surface area contributed by atoms with Gasteiger partial charge < -0.3 is 9.88 Å². The Balaban J connectivity index is 1.75. The van der Waals surface area contributed by atoms with Crippen molar-refractivity contribution >= 4 is 22.5 Å². The van der Waals surface area contributed by atoms with Gasteiger partial charge in [-0.15, -0.1) is 0 Å². The molecule has 0 fully saturated rings. The molecule has 4 nitrogen and oxygen atoms in total. The average molecular weight is 439 g/mol. The maximum Gasteiger partial charge on any atom is 0.258 e. The van der Waals surface area contributed by atoms with E-state index in [2.05, 4.69) is 25.8 Å². The van der Waals surface area contributed by atoms with E-state index >= 15 is 0 Å². The van der Waals surface area contributed by atoms with Gasteiger partial charge in [-0.1, -0.05) is 68.8 Å². The van der Waals surface area contributed by atoms with Crippen molar-refractivity contribution in [3.8, 4) is 0 Å². The lowest BCUT2D eigenvalue weighted by molar-refractivity contribution is 0.0985. The maximum absolute atomic E-state index is 13.6. The second-order valence-electron chi connectivity index (χ2n) is 9.72. The summed E-state index contributed by atoms with van der Waals surface area (Å²) in [5.74, 6) is -0.136. The van der Waals surface area contributed by atoms with Crippen molar-refractivity contribution < 1.29 is 4.79 Å². The van der Waals surface area contributed by atoms with E-state index in [-0.39, 0.29) is 23.4 Å².